The number of allylic oxidation sites excluding steroid dienone is 1. The van der Waals surface area contributed by atoms with Crippen LogP contribution < -0.4 is 0 Å². The lowest BCUT2D eigenvalue weighted by Gasteiger charge is -2.23. The second-order valence-corrected chi connectivity index (χ2v) is 6.57. The van der Waals surface area contributed by atoms with Crippen LogP contribution in [-0.2, 0) is 14.3 Å². The van der Waals surface area contributed by atoms with Crippen LogP contribution in [0.5, 0.6) is 0 Å². The number of fused-ring (bicyclic) bond motifs is 5. The average molecular weight is 338 g/mol. The summed E-state index contributed by atoms with van der Waals surface area (Å²) < 4.78 is 4.43. The summed E-state index contributed by atoms with van der Waals surface area (Å²) in [5, 5.41) is 0. The normalized spacial score (nSPS) is 28.1. The average Bonchev–Trinajstić information content (AvgIpc) is 3.29. The maximum Gasteiger partial charge on any atom is 0.330 e. The minimum Gasteiger partial charge on any atom is -0.463 e. The molecule has 0 spiro atoms. The van der Waals surface area contributed by atoms with Crippen molar-refractivity contribution in [2.24, 2.45) is 23.7 Å². The smallest absolute Gasteiger partial charge is 0.330 e. The zero-order valence-electron chi connectivity index (χ0n) is 15.3. The van der Waals surface area contributed by atoms with Gasteiger partial charge in [0.15, 0.2) is 5.78 Å². The van der Waals surface area contributed by atoms with Gasteiger partial charge in [-0.15, -0.1) is 0 Å². The fourth-order valence-electron chi connectivity index (χ4n) is 4.36. The van der Waals surface area contributed by atoms with Crippen LogP contribution in [0.3, 0.4) is 0 Å². The largest absolute Gasteiger partial charge is 0.463 e. The number of esters is 1. The molecule has 0 radical (unpaired) electrons. The van der Waals surface area contributed by atoms with E-state index in [1.165, 1.54) is 29.7 Å². The number of ketones is 1. The summed E-state index contributed by atoms with van der Waals surface area (Å²) in [6, 6.07) is 0. The topological polar surface area (TPSA) is 74.9 Å². The Labute approximate surface area is 146 Å². The molecule has 0 aromatic heterocycles. The summed E-state index contributed by atoms with van der Waals surface area (Å²) in [6.07, 6.45) is 12.6. The van der Waals surface area contributed by atoms with E-state index in [0.29, 0.717) is 13.0 Å². The van der Waals surface area contributed by atoms with Gasteiger partial charge in [-0.3, -0.25) is 4.79 Å². The monoisotopic (exact) mass is 338 g/mol. The molecule has 0 aliphatic heterocycles. The van der Waals surface area contributed by atoms with Gasteiger partial charge < -0.3 is 10.2 Å². The molecule has 138 valence electrons. The number of carbonyl (C=O) groups excluding carboxylic acids is 2. The van der Waals surface area contributed by atoms with E-state index in [1.807, 2.05) is 6.92 Å². The molecule has 4 heteroatoms. The van der Waals surface area contributed by atoms with Gasteiger partial charge in [0.1, 0.15) is 0 Å². The van der Waals surface area contributed by atoms with Gasteiger partial charge in [0, 0.05) is 12.5 Å². The summed E-state index contributed by atoms with van der Waals surface area (Å²) in [5.74, 6) is 4.55. The molecule has 4 nitrogen and oxygen atoms in total. The third-order valence-corrected chi connectivity index (χ3v) is 5.38. The summed E-state index contributed by atoms with van der Waals surface area (Å²) in [4.78, 5) is 20.1. The van der Waals surface area contributed by atoms with Crippen LogP contribution in [0.4, 0.5) is 0 Å². The number of hydrogen-bond donors (Lipinski definition) is 0. The molecule has 3 rings (SSSR count). The van der Waals surface area contributed by atoms with Crippen molar-refractivity contribution < 1.29 is 19.8 Å². The van der Waals surface area contributed by atoms with Crippen molar-refractivity contribution in [3.8, 4) is 0 Å². The molecule has 4 unspecified atom stereocenters. The zero-order valence-corrected chi connectivity index (χ0v) is 15.3. The van der Waals surface area contributed by atoms with Crippen molar-refractivity contribution in [1.29, 1.82) is 0 Å². The second-order valence-electron chi connectivity index (χ2n) is 6.57. The van der Waals surface area contributed by atoms with Crippen molar-refractivity contribution in [3.63, 3.8) is 0 Å². The molecule has 2 N–H and O–H groups in total. The van der Waals surface area contributed by atoms with E-state index >= 15 is 0 Å². The Morgan fingerprint density at radius 1 is 1.00 bits per heavy atom. The van der Waals surface area contributed by atoms with Crippen molar-refractivity contribution in [3.05, 3.63) is 25.3 Å². The Bertz CT molecular complexity index is 400. The van der Waals surface area contributed by atoms with Gasteiger partial charge in [-0.1, -0.05) is 26.5 Å². The highest BCUT2D eigenvalue weighted by Crippen LogP contribution is 2.58. The molecule has 0 amide bonds. The van der Waals surface area contributed by atoms with E-state index in [-0.39, 0.29) is 17.2 Å². The predicted octanol–water partition coefficient (Wildman–Crippen LogP) is 3.89. The van der Waals surface area contributed by atoms with Crippen LogP contribution in [0.15, 0.2) is 25.3 Å². The van der Waals surface area contributed by atoms with E-state index in [1.54, 1.807) is 45.4 Å². The van der Waals surface area contributed by atoms with Crippen molar-refractivity contribution in [1.82, 2.24) is 0 Å². The van der Waals surface area contributed by atoms with E-state index in [0.717, 1.165) is 6.08 Å². The lowest BCUT2D eigenvalue weighted by molar-refractivity contribution is -0.137. The molecular formula is C20H34O4. The standard InChI is InChI=1S/C10H16.C5H8O2.C5H8O.H2O/c1-2-9-7-4-5-8(6-7)10(9)3-1;1-3-5(6)7-4-2;1-3-5(6)4-2;/h7-10H,1-6H2;3H,1,4H2,2H3;3H,1,4H2,2H3;1H2. The van der Waals surface area contributed by atoms with Gasteiger partial charge in [-0.05, 0) is 68.8 Å². The number of rotatable bonds is 4. The Morgan fingerprint density at radius 3 is 1.83 bits per heavy atom. The summed E-state index contributed by atoms with van der Waals surface area (Å²) in [5.41, 5.74) is 0. The van der Waals surface area contributed by atoms with Gasteiger partial charge >= 0.3 is 5.97 Å². The fraction of sp³-hybridized carbons (Fsp3) is 0.700. The highest BCUT2D eigenvalue weighted by atomic mass is 16.5. The number of ether oxygens (including phenoxy) is 1. The first-order valence-corrected chi connectivity index (χ1v) is 9.01. The first kappa shape index (κ1) is 22.6. The molecule has 2 bridgehead atoms. The maximum absolute atomic E-state index is 10.1. The Morgan fingerprint density at radius 2 is 1.54 bits per heavy atom. The SMILES string of the molecule is C1CC2C3CCC(C3)C2C1.C=CC(=O)CC.C=CC(=O)OCC.O. The van der Waals surface area contributed by atoms with Crippen LogP contribution in [0.2, 0.25) is 0 Å². The summed E-state index contributed by atoms with van der Waals surface area (Å²) in [7, 11) is 0. The molecule has 4 atom stereocenters. The molecule has 3 fully saturated rings. The van der Waals surface area contributed by atoms with Gasteiger partial charge in [-0.2, -0.15) is 0 Å². The van der Waals surface area contributed by atoms with Crippen LogP contribution >= 0.6 is 0 Å². The van der Waals surface area contributed by atoms with Gasteiger partial charge in [-0.25, -0.2) is 4.79 Å². The first-order valence-electron chi connectivity index (χ1n) is 9.01. The lowest BCUT2D eigenvalue weighted by Crippen LogP contribution is -2.15. The van der Waals surface area contributed by atoms with Gasteiger partial charge in [0.05, 0.1) is 6.61 Å². The Hall–Kier alpha value is -1.42. The molecule has 0 aromatic rings. The van der Waals surface area contributed by atoms with Crippen molar-refractivity contribution >= 4 is 11.8 Å². The molecular weight excluding hydrogens is 304 g/mol. The second kappa shape index (κ2) is 12.0. The Balaban J connectivity index is 0.000000342. The van der Waals surface area contributed by atoms with Crippen LogP contribution in [0.25, 0.3) is 0 Å². The van der Waals surface area contributed by atoms with Crippen LogP contribution in [0, 0.1) is 23.7 Å². The van der Waals surface area contributed by atoms with Crippen molar-refractivity contribution in [2.75, 3.05) is 6.61 Å². The summed E-state index contributed by atoms with van der Waals surface area (Å²) >= 11 is 0. The zero-order chi connectivity index (χ0) is 17.2. The molecule has 3 aliphatic rings. The molecule has 3 saturated carbocycles. The Kier molecular flexibility index (Phi) is 11.3. The van der Waals surface area contributed by atoms with Crippen molar-refractivity contribution in [2.45, 2.75) is 58.8 Å². The third-order valence-electron chi connectivity index (χ3n) is 5.38. The maximum atomic E-state index is 10.1. The van der Waals surface area contributed by atoms with E-state index in [2.05, 4.69) is 17.9 Å². The lowest BCUT2D eigenvalue weighted by atomic mass is 9.82. The fourth-order valence-corrected chi connectivity index (χ4v) is 4.36. The molecule has 0 saturated heterocycles. The predicted molar refractivity (Wildman–Crippen MR) is 97.6 cm³/mol. The quantitative estimate of drug-likeness (QED) is 0.576. The van der Waals surface area contributed by atoms with E-state index in [9.17, 15) is 9.59 Å². The number of carbonyl (C=O) groups is 2. The molecule has 3 aliphatic carbocycles. The first-order chi connectivity index (χ1) is 11.1. The van der Waals surface area contributed by atoms with Crippen LogP contribution in [-0.4, -0.2) is 23.8 Å². The molecule has 0 heterocycles. The highest BCUT2D eigenvalue weighted by molar-refractivity contribution is 5.88. The number of hydrogen-bond acceptors (Lipinski definition) is 3. The minimum atomic E-state index is -0.359. The molecule has 24 heavy (non-hydrogen) atoms. The minimum absolute atomic E-state index is 0. The van der Waals surface area contributed by atoms with Gasteiger partial charge in [0.2, 0.25) is 0 Å². The van der Waals surface area contributed by atoms with Gasteiger partial charge in [0.25, 0.3) is 0 Å². The highest BCUT2D eigenvalue weighted by Gasteiger charge is 2.48. The summed E-state index contributed by atoms with van der Waals surface area (Å²) in [6.45, 7) is 10.5. The molecule has 0 aromatic carbocycles. The van der Waals surface area contributed by atoms with E-state index in [4.69, 9.17) is 0 Å². The third kappa shape index (κ3) is 6.60. The van der Waals surface area contributed by atoms with Crippen LogP contribution in [0.1, 0.15) is 58.8 Å². The van der Waals surface area contributed by atoms with E-state index < -0.39 is 0 Å².